The summed E-state index contributed by atoms with van der Waals surface area (Å²) in [7, 11) is 1.89. The fourth-order valence-corrected chi connectivity index (χ4v) is 1.74. The summed E-state index contributed by atoms with van der Waals surface area (Å²) in [5, 5.41) is 7.16. The van der Waals surface area contributed by atoms with Crippen molar-refractivity contribution in [3.63, 3.8) is 0 Å². The molecule has 0 saturated carbocycles. The minimum absolute atomic E-state index is 0.495. The van der Waals surface area contributed by atoms with E-state index in [0.717, 1.165) is 11.4 Å². The number of nitrogens with zero attached hydrogens (tertiary/aromatic N) is 4. The Balaban J connectivity index is 1.71. The molecule has 0 saturated heterocycles. The fraction of sp³-hybridized carbons (Fsp3) is 0.154. The number of benzene rings is 1. The second-order valence-corrected chi connectivity index (χ2v) is 4.12. The van der Waals surface area contributed by atoms with Crippen LogP contribution in [0.25, 0.3) is 11.5 Å². The zero-order chi connectivity index (χ0) is 13.1. The number of para-hydroxylation sites is 1. The van der Waals surface area contributed by atoms with Crippen LogP contribution in [0.1, 0.15) is 5.89 Å². The van der Waals surface area contributed by atoms with Crippen LogP contribution in [0.5, 0.6) is 0 Å². The molecule has 0 bridgehead atoms. The minimum atomic E-state index is 0.495. The highest BCUT2D eigenvalue weighted by molar-refractivity contribution is 5.47. The second kappa shape index (κ2) is 4.93. The first-order chi connectivity index (χ1) is 9.33. The molecule has 0 radical (unpaired) electrons. The molecule has 0 amide bonds. The van der Waals surface area contributed by atoms with E-state index in [1.807, 2.05) is 41.9 Å². The standard InChI is InChI=1S/C13H13N5O/c1-18-9-14-7-11(18)13-16-12(19-17-13)8-15-10-5-3-2-4-6-10/h2-7,9,15H,8H2,1H3. The third-order valence-corrected chi connectivity index (χ3v) is 2.73. The molecule has 0 aliphatic carbocycles. The molecule has 1 N–H and O–H groups in total. The van der Waals surface area contributed by atoms with E-state index in [1.54, 1.807) is 12.5 Å². The molecule has 3 rings (SSSR count). The Morgan fingerprint density at radius 3 is 2.84 bits per heavy atom. The molecule has 1 aromatic carbocycles. The molecule has 2 heterocycles. The van der Waals surface area contributed by atoms with Crippen LogP contribution < -0.4 is 5.32 Å². The molecule has 19 heavy (non-hydrogen) atoms. The molecule has 0 unspecified atom stereocenters. The first-order valence-corrected chi connectivity index (χ1v) is 5.91. The van der Waals surface area contributed by atoms with Gasteiger partial charge in [-0.15, -0.1) is 0 Å². The molecule has 2 aromatic heterocycles. The third-order valence-electron chi connectivity index (χ3n) is 2.73. The zero-order valence-corrected chi connectivity index (χ0v) is 10.4. The fourth-order valence-electron chi connectivity index (χ4n) is 1.74. The highest BCUT2D eigenvalue weighted by Gasteiger charge is 2.11. The van der Waals surface area contributed by atoms with Gasteiger partial charge in [0.1, 0.15) is 5.69 Å². The second-order valence-electron chi connectivity index (χ2n) is 4.12. The quantitative estimate of drug-likeness (QED) is 0.773. The van der Waals surface area contributed by atoms with Gasteiger partial charge in [0, 0.05) is 12.7 Å². The third kappa shape index (κ3) is 2.47. The van der Waals surface area contributed by atoms with E-state index in [9.17, 15) is 0 Å². The van der Waals surface area contributed by atoms with E-state index in [1.165, 1.54) is 0 Å². The van der Waals surface area contributed by atoms with Crippen molar-refractivity contribution >= 4 is 5.69 Å². The van der Waals surface area contributed by atoms with E-state index in [-0.39, 0.29) is 0 Å². The van der Waals surface area contributed by atoms with E-state index >= 15 is 0 Å². The predicted octanol–water partition coefficient (Wildman–Crippen LogP) is 2.08. The molecule has 6 nitrogen and oxygen atoms in total. The van der Waals surface area contributed by atoms with Crippen molar-refractivity contribution in [1.82, 2.24) is 19.7 Å². The van der Waals surface area contributed by atoms with Gasteiger partial charge in [-0.1, -0.05) is 23.4 Å². The van der Waals surface area contributed by atoms with Gasteiger partial charge in [0.2, 0.25) is 11.7 Å². The van der Waals surface area contributed by atoms with E-state index in [2.05, 4.69) is 20.4 Å². The minimum Gasteiger partial charge on any atom is -0.376 e. The van der Waals surface area contributed by atoms with E-state index in [0.29, 0.717) is 18.3 Å². The van der Waals surface area contributed by atoms with Gasteiger partial charge < -0.3 is 14.4 Å². The Labute approximate surface area is 110 Å². The summed E-state index contributed by atoms with van der Waals surface area (Å²) in [6, 6.07) is 9.88. The van der Waals surface area contributed by atoms with Gasteiger partial charge in [-0.3, -0.25) is 0 Å². The van der Waals surface area contributed by atoms with Gasteiger partial charge in [0.25, 0.3) is 0 Å². The van der Waals surface area contributed by atoms with Crippen molar-refractivity contribution < 1.29 is 4.52 Å². The normalized spacial score (nSPS) is 10.6. The van der Waals surface area contributed by atoms with Crippen LogP contribution in [0.2, 0.25) is 0 Å². The van der Waals surface area contributed by atoms with Crippen molar-refractivity contribution in [2.45, 2.75) is 6.54 Å². The Morgan fingerprint density at radius 2 is 2.11 bits per heavy atom. The summed E-state index contributed by atoms with van der Waals surface area (Å²) in [4.78, 5) is 8.35. The maximum absolute atomic E-state index is 5.20. The lowest BCUT2D eigenvalue weighted by molar-refractivity contribution is 0.384. The van der Waals surface area contributed by atoms with Crippen LogP contribution in [0.3, 0.4) is 0 Å². The van der Waals surface area contributed by atoms with Crippen LogP contribution in [0, 0.1) is 0 Å². The molecule has 0 aliphatic rings. The lowest BCUT2D eigenvalue weighted by Gasteiger charge is -2.01. The number of hydrogen-bond acceptors (Lipinski definition) is 5. The Bertz CT molecular complexity index is 658. The molecule has 0 atom stereocenters. The van der Waals surface area contributed by atoms with Crippen LogP contribution in [0.4, 0.5) is 5.69 Å². The predicted molar refractivity (Wildman–Crippen MR) is 70.3 cm³/mol. The molecular formula is C13H13N5O. The maximum atomic E-state index is 5.20. The average molecular weight is 255 g/mol. The van der Waals surface area contributed by atoms with Gasteiger partial charge in [-0.25, -0.2) is 4.98 Å². The van der Waals surface area contributed by atoms with Crippen molar-refractivity contribution in [1.29, 1.82) is 0 Å². The Hall–Kier alpha value is -2.63. The van der Waals surface area contributed by atoms with Gasteiger partial charge in [-0.05, 0) is 12.1 Å². The summed E-state index contributed by atoms with van der Waals surface area (Å²) >= 11 is 0. The number of aryl methyl sites for hydroxylation is 1. The number of aromatic nitrogens is 4. The number of rotatable bonds is 4. The molecule has 0 spiro atoms. The van der Waals surface area contributed by atoms with Gasteiger partial charge in [-0.2, -0.15) is 4.98 Å². The van der Waals surface area contributed by atoms with E-state index < -0.39 is 0 Å². The van der Waals surface area contributed by atoms with Gasteiger partial charge >= 0.3 is 0 Å². The van der Waals surface area contributed by atoms with Gasteiger partial charge in [0.15, 0.2) is 0 Å². The molecule has 96 valence electrons. The SMILES string of the molecule is Cn1cncc1-c1noc(CNc2ccccc2)n1. The van der Waals surface area contributed by atoms with Crippen molar-refractivity contribution in [3.05, 3.63) is 48.7 Å². The lowest BCUT2D eigenvalue weighted by Crippen LogP contribution is -1.99. The molecular weight excluding hydrogens is 242 g/mol. The van der Waals surface area contributed by atoms with Crippen LogP contribution in [-0.2, 0) is 13.6 Å². The molecule has 0 aliphatic heterocycles. The number of nitrogens with one attached hydrogen (secondary N) is 1. The van der Waals surface area contributed by atoms with Crippen LogP contribution in [0.15, 0.2) is 47.4 Å². The first kappa shape index (κ1) is 11.5. The van der Waals surface area contributed by atoms with Crippen LogP contribution >= 0.6 is 0 Å². The van der Waals surface area contributed by atoms with E-state index in [4.69, 9.17) is 4.52 Å². The number of hydrogen-bond donors (Lipinski definition) is 1. The Morgan fingerprint density at radius 1 is 1.26 bits per heavy atom. The number of imidazole rings is 1. The van der Waals surface area contributed by atoms with Crippen molar-refractivity contribution in [2.24, 2.45) is 7.05 Å². The average Bonchev–Trinajstić information content (AvgIpc) is 3.06. The molecule has 3 aromatic rings. The molecule has 0 fully saturated rings. The topological polar surface area (TPSA) is 68.8 Å². The van der Waals surface area contributed by atoms with Gasteiger partial charge in [0.05, 0.1) is 19.1 Å². The van der Waals surface area contributed by atoms with Crippen molar-refractivity contribution in [3.8, 4) is 11.5 Å². The lowest BCUT2D eigenvalue weighted by atomic mass is 10.3. The Kier molecular flexibility index (Phi) is 2.97. The highest BCUT2D eigenvalue weighted by Crippen LogP contribution is 2.14. The summed E-state index contributed by atoms with van der Waals surface area (Å²) in [5.41, 5.74) is 1.84. The largest absolute Gasteiger partial charge is 0.376 e. The summed E-state index contributed by atoms with van der Waals surface area (Å²) in [5.74, 6) is 1.09. The van der Waals surface area contributed by atoms with Crippen LogP contribution in [-0.4, -0.2) is 19.7 Å². The monoisotopic (exact) mass is 255 g/mol. The molecule has 6 heteroatoms. The highest BCUT2D eigenvalue weighted by atomic mass is 16.5. The maximum Gasteiger partial charge on any atom is 0.246 e. The zero-order valence-electron chi connectivity index (χ0n) is 10.4. The summed E-state index contributed by atoms with van der Waals surface area (Å²) in [6.45, 7) is 0.495. The summed E-state index contributed by atoms with van der Waals surface area (Å²) < 4.78 is 7.05. The first-order valence-electron chi connectivity index (χ1n) is 5.91. The smallest absolute Gasteiger partial charge is 0.246 e. The number of anilines is 1. The summed E-state index contributed by atoms with van der Waals surface area (Å²) in [6.07, 6.45) is 3.41. The van der Waals surface area contributed by atoms with Crippen molar-refractivity contribution in [2.75, 3.05) is 5.32 Å².